The first-order chi connectivity index (χ1) is 23.5. The average molecular weight is 683 g/mol. The second-order valence-corrected chi connectivity index (χ2v) is 11.6. The van der Waals surface area contributed by atoms with Gasteiger partial charge in [0.15, 0.2) is 5.58 Å². The molecule has 3 aromatic rings. The van der Waals surface area contributed by atoms with Gasteiger partial charge in [-0.15, -0.1) is 0 Å². The highest BCUT2D eigenvalue weighted by molar-refractivity contribution is 7.21. The van der Waals surface area contributed by atoms with E-state index >= 15 is 0 Å². The number of carbonyl (C=O) groups excluding carboxylic acids is 1. The molecule has 3 aromatic heterocycles. The monoisotopic (exact) mass is 682 g/mol. The fourth-order valence-corrected chi connectivity index (χ4v) is 5.00. The largest absolute Gasteiger partial charge is 0.463 e. The first kappa shape index (κ1) is 42.8. The number of nitrogens with one attached hydrogen (secondary N) is 2. The summed E-state index contributed by atoms with van der Waals surface area (Å²) in [4.78, 5) is 16.7. The molecule has 1 atom stereocenters. The van der Waals surface area contributed by atoms with E-state index in [4.69, 9.17) is 23.7 Å². The van der Waals surface area contributed by atoms with Crippen LogP contribution in [0, 0.1) is 6.92 Å². The van der Waals surface area contributed by atoms with Crippen LogP contribution in [0.5, 0.6) is 0 Å². The first-order valence-electron chi connectivity index (χ1n) is 17.0. The van der Waals surface area contributed by atoms with E-state index in [-0.39, 0.29) is 6.10 Å². The Morgan fingerprint density at radius 1 is 0.958 bits per heavy atom. The van der Waals surface area contributed by atoms with Gasteiger partial charge in [0.2, 0.25) is 0 Å². The topological polar surface area (TPSA) is 110 Å². The lowest BCUT2D eigenvalue weighted by Gasteiger charge is -2.17. The van der Waals surface area contributed by atoms with Crippen LogP contribution in [-0.2, 0) is 25.6 Å². The minimum atomic E-state index is -0.241. The van der Waals surface area contributed by atoms with Gasteiger partial charge in [-0.3, -0.25) is 0 Å². The Kier molecular flexibility index (Phi) is 25.6. The van der Waals surface area contributed by atoms with Crippen molar-refractivity contribution in [1.82, 2.24) is 9.97 Å². The van der Waals surface area contributed by atoms with Gasteiger partial charge in [-0.2, -0.15) is 0 Å². The Morgan fingerprint density at radius 2 is 1.65 bits per heavy atom. The first-order valence-corrected chi connectivity index (χ1v) is 17.5. The van der Waals surface area contributed by atoms with E-state index in [1.807, 2.05) is 37.3 Å². The molecule has 0 aromatic carbocycles. The van der Waals surface area contributed by atoms with Crippen molar-refractivity contribution in [2.24, 2.45) is 0 Å². The number of H-pyrrole nitrogens is 2. The molecule has 3 heterocycles. The van der Waals surface area contributed by atoms with Gasteiger partial charge in [-0.05, 0) is 70.1 Å². The van der Waals surface area contributed by atoms with E-state index in [9.17, 15) is 4.79 Å². The number of allylic oxidation sites excluding steroid dienone is 7. The van der Waals surface area contributed by atoms with E-state index in [1.165, 1.54) is 32.1 Å². The van der Waals surface area contributed by atoms with Crippen LogP contribution in [0.3, 0.4) is 0 Å². The molecule has 3 N–H and O–H groups in total. The molecule has 8 nitrogen and oxygen atoms in total. The predicted octanol–water partition coefficient (Wildman–Crippen LogP) is 9.68. The zero-order valence-corrected chi connectivity index (χ0v) is 30.8. The molecule has 0 aliphatic rings. The Hall–Kier alpha value is -3.26. The highest BCUT2D eigenvalue weighted by atomic mass is 31.0. The molecular weight excluding hydrogens is 623 g/mol. The standard InChI is InChI=1S/C20H25N2O4P.C18H30O.CH4O/c1-4-5-16-13(2)8-18(22-16)20(27)26-15(11-23-3)12-24-10-14-9-19-17(21-14)6-7-25-19;1-2-3-4-5-6-7-8-9-10-11-12-13-14-15-16-17-18-19;1-2/h4-9,15,21-22,27H,10-12H2,1-3H3;3-4,6-7,9-10,18H,2,5,8,11-17H2,1H3;2H,1H3/b5-4-;4-3+,7-6+,10-9+;. The van der Waals surface area contributed by atoms with Crippen LogP contribution < -0.4 is 0 Å². The highest BCUT2D eigenvalue weighted by Crippen LogP contribution is 2.18. The second-order valence-electron chi connectivity index (χ2n) is 11.1. The third-order valence-electron chi connectivity index (χ3n) is 7.10. The summed E-state index contributed by atoms with van der Waals surface area (Å²) in [5, 5.41) is 7.00. The number of aromatic amines is 2. The molecule has 9 heteroatoms. The van der Waals surface area contributed by atoms with Crippen molar-refractivity contribution in [2.45, 2.75) is 97.7 Å². The van der Waals surface area contributed by atoms with Crippen LogP contribution in [0.2, 0.25) is 0 Å². The van der Waals surface area contributed by atoms with Crippen LogP contribution >= 0.6 is 8.86 Å². The number of aromatic nitrogens is 2. The Bertz CT molecular complexity index is 1340. The number of carbonyl (C=O) groups is 1. The van der Waals surface area contributed by atoms with Crippen molar-refractivity contribution in [2.75, 3.05) is 27.4 Å². The van der Waals surface area contributed by atoms with Gasteiger partial charge in [-0.25, -0.2) is 0 Å². The van der Waals surface area contributed by atoms with Crippen LogP contribution in [0.15, 0.2) is 71.4 Å². The maximum Gasteiger partial charge on any atom is 0.151 e. The summed E-state index contributed by atoms with van der Waals surface area (Å²) in [6, 6.07) is 5.87. The Balaban J connectivity index is 0.000000486. The summed E-state index contributed by atoms with van der Waals surface area (Å²) >= 11 is 0. The summed E-state index contributed by atoms with van der Waals surface area (Å²) in [5.41, 5.74) is 6.46. The van der Waals surface area contributed by atoms with Crippen molar-refractivity contribution >= 4 is 37.8 Å². The molecule has 0 saturated heterocycles. The molecule has 0 spiro atoms. The summed E-state index contributed by atoms with van der Waals surface area (Å²) in [6.07, 6.45) is 31.2. The molecular formula is C39H59N2O6P. The summed E-state index contributed by atoms with van der Waals surface area (Å²) < 4.78 is 22.4. The number of unbranched alkanes of at least 4 members (excludes halogenated alkanes) is 6. The molecule has 0 aliphatic carbocycles. The lowest BCUT2D eigenvalue weighted by Crippen LogP contribution is -2.27. The van der Waals surface area contributed by atoms with E-state index in [0.29, 0.717) is 25.3 Å². The summed E-state index contributed by atoms with van der Waals surface area (Å²) in [6.45, 7) is 7.45. The Labute approximate surface area is 290 Å². The zero-order chi connectivity index (χ0) is 35.2. The van der Waals surface area contributed by atoms with E-state index < -0.39 is 0 Å². The lowest BCUT2D eigenvalue weighted by molar-refractivity contribution is -0.107. The van der Waals surface area contributed by atoms with Gasteiger partial charge in [0.05, 0.1) is 37.3 Å². The zero-order valence-electron chi connectivity index (χ0n) is 29.8. The number of ether oxygens (including phenoxy) is 3. The van der Waals surface area contributed by atoms with E-state index in [0.717, 1.165) is 79.2 Å². The Morgan fingerprint density at radius 3 is 2.31 bits per heavy atom. The van der Waals surface area contributed by atoms with E-state index in [1.54, 1.807) is 13.4 Å². The number of furan rings is 1. The maximum absolute atomic E-state index is 10.1. The van der Waals surface area contributed by atoms with Gasteiger partial charge in [0, 0.05) is 44.2 Å². The number of fused-ring (bicyclic) bond motifs is 1. The normalized spacial score (nSPS) is 12.2. The number of aldehydes is 1. The second kappa shape index (κ2) is 28.7. The van der Waals surface area contributed by atoms with Gasteiger partial charge in [-0.1, -0.05) is 77.6 Å². The minimum Gasteiger partial charge on any atom is -0.463 e. The summed E-state index contributed by atoms with van der Waals surface area (Å²) in [5.74, 6) is 0. The molecule has 0 bridgehead atoms. The van der Waals surface area contributed by atoms with Crippen molar-refractivity contribution in [3.8, 4) is 0 Å². The molecule has 48 heavy (non-hydrogen) atoms. The minimum absolute atomic E-state index is 0.241. The van der Waals surface area contributed by atoms with Crippen LogP contribution in [0.4, 0.5) is 0 Å². The maximum atomic E-state index is 10.1. The molecule has 0 saturated carbocycles. The third kappa shape index (κ3) is 18.9. The number of rotatable bonds is 23. The fraction of sp³-hybridized carbons (Fsp3) is 0.487. The van der Waals surface area contributed by atoms with Gasteiger partial charge < -0.3 is 38.5 Å². The van der Waals surface area contributed by atoms with Gasteiger partial charge in [0.25, 0.3) is 0 Å². The molecule has 3 rings (SSSR count). The van der Waals surface area contributed by atoms with Crippen molar-refractivity contribution < 1.29 is 28.5 Å². The number of hydrogen-bond donors (Lipinski definition) is 3. The smallest absolute Gasteiger partial charge is 0.151 e. The summed E-state index contributed by atoms with van der Waals surface area (Å²) in [7, 11) is 6.22. The fourth-order valence-electron chi connectivity index (χ4n) is 4.70. The van der Waals surface area contributed by atoms with Crippen LogP contribution in [-0.4, -0.2) is 60.4 Å². The number of aliphatic hydroxyl groups is 1. The highest BCUT2D eigenvalue weighted by Gasteiger charge is 2.15. The number of aliphatic hydroxyl groups excluding tert-OH is 1. The molecule has 0 fully saturated rings. The molecule has 0 radical (unpaired) electrons. The van der Waals surface area contributed by atoms with Crippen molar-refractivity contribution in [1.29, 1.82) is 0 Å². The molecule has 266 valence electrons. The number of aryl methyl sites for hydroxylation is 1. The SMILES string of the molecule is C/C=C\c1[nH]c(C(=P)OC(COC)COCc2cc3occc3[nH]2)cc1C.CC/C=C/C/C=C/C/C=C/CCCCCCCC=O.CO. The van der Waals surface area contributed by atoms with Crippen LogP contribution in [0.1, 0.15) is 101 Å². The lowest BCUT2D eigenvalue weighted by atomic mass is 10.1. The number of methoxy groups -OCH3 is 1. The third-order valence-corrected chi connectivity index (χ3v) is 7.49. The van der Waals surface area contributed by atoms with E-state index in [2.05, 4.69) is 69.1 Å². The number of hydrogen-bond acceptors (Lipinski definition) is 6. The predicted molar refractivity (Wildman–Crippen MR) is 203 cm³/mol. The molecule has 0 amide bonds. The van der Waals surface area contributed by atoms with Crippen LogP contribution in [0.25, 0.3) is 17.2 Å². The quantitative estimate of drug-likeness (QED) is 0.0398. The van der Waals surface area contributed by atoms with Gasteiger partial charge in [0.1, 0.15) is 17.9 Å². The van der Waals surface area contributed by atoms with Crippen molar-refractivity contribution in [3.63, 3.8) is 0 Å². The molecule has 0 aliphatic heterocycles. The average Bonchev–Trinajstić information content (AvgIpc) is 3.80. The van der Waals surface area contributed by atoms with Crippen molar-refractivity contribution in [3.05, 3.63) is 89.6 Å². The van der Waals surface area contributed by atoms with Gasteiger partial charge >= 0.3 is 0 Å². The molecule has 1 unspecified atom stereocenters.